The smallest absolute Gasteiger partial charge is 0.0257 e. The molecule has 0 heteroatoms. The summed E-state index contributed by atoms with van der Waals surface area (Å²) in [5.41, 5.74) is 2.80. The molecule has 52 valence electrons. The minimum absolute atomic E-state index is 0.845. The fourth-order valence-corrected chi connectivity index (χ4v) is 0.950. The van der Waals surface area contributed by atoms with E-state index in [0.717, 1.165) is 16.7 Å². The molecule has 0 nitrogen and oxygen atoms in total. The lowest BCUT2D eigenvalue weighted by molar-refractivity contribution is 1.44. The van der Waals surface area contributed by atoms with Crippen molar-refractivity contribution in [2.75, 3.05) is 0 Å². The van der Waals surface area contributed by atoms with Crippen molar-refractivity contribution in [2.45, 2.75) is 6.92 Å². The van der Waals surface area contributed by atoms with Gasteiger partial charge in [-0.3, -0.25) is 0 Å². The van der Waals surface area contributed by atoms with Crippen LogP contribution >= 0.6 is 0 Å². The van der Waals surface area contributed by atoms with E-state index in [1.54, 1.807) is 0 Å². The Morgan fingerprint density at radius 1 is 1.00 bits per heavy atom. The molecule has 0 aliphatic heterocycles. The number of hydrogen-bond acceptors (Lipinski definition) is 0. The molecule has 1 rings (SSSR count). The van der Waals surface area contributed by atoms with E-state index in [2.05, 4.69) is 11.8 Å². The van der Waals surface area contributed by atoms with Gasteiger partial charge < -0.3 is 0 Å². The summed E-state index contributed by atoms with van der Waals surface area (Å²) in [4.78, 5) is 0. The maximum atomic E-state index is 5.22. The molecule has 0 aliphatic rings. The van der Waals surface area contributed by atoms with E-state index in [9.17, 15) is 0 Å². The van der Waals surface area contributed by atoms with Gasteiger partial charge in [-0.25, -0.2) is 0 Å². The summed E-state index contributed by atoms with van der Waals surface area (Å²) < 4.78 is 0. The molecule has 0 saturated carbocycles. The van der Waals surface area contributed by atoms with Crippen LogP contribution in [0, 0.1) is 31.6 Å². The molecule has 0 heterocycles. The van der Waals surface area contributed by atoms with Gasteiger partial charge in [0.1, 0.15) is 0 Å². The number of aryl methyl sites for hydroxylation is 1. The summed E-state index contributed by atoms with van der Waals surface area (Å²) in [5, 5.41) is 0. The van der Waals surface area contributed by atoms with Gasteiger partial charge in [0.05, 0.1) is 0 Å². The Labute approximate surface area is 67.3 Å². The van der Waals surface area contributed by atoms with Crippen LogP contribution in [-0.4, -0.2) is 0 Å². The van der Waals surface area contributed by atoms with Crippen molar-refractivity contribution in [3.63, 3.8) is 0 Å². The van der Waals surface area contributed by atoms with E-state index in [0.29, 0.717) is 0 Å². The van der Waals surface area contributed by atoms with Crippen molar-refractivity contribution >= 4 is 0 Å². The van der Waals surface area contributed by atoms with Gasteiger partial charge in [-0.1, -0.05) is 11.8 Å². The molecule has 0 aliphatic carbocycles. The monoisotopic (exact) mass is 140 g/mol. The van der Waals surface area contributed by atoms with Crippen LogP contribution in [0.2, 0.25) is 0 Å². The van der Waals surface area contributed by atoms with Crippen LogP contribution in [-0.2, 0) is 0 Å². The van der Waals surface area contributed by atoms with Crippen LogP contribution in [0.3, 0.4) is 0 Å². The van der Waals surface area contributed by atoms with Gasteiger partial charge in [0, 0.05) is 11.1 Å². The number of hydrogen-bond donors (Lipinski definition) is 0. The average Bonchev–Trinajstić information content (AvgIpc) is 2.03. The summed E-state index contributed by atoms with van der Waals surface area (Å²) in [6, 6.07) is 5.69. The molecular formula is C11H8. The summed E-state index contributed by atoms with van der Waals surface area (Å²) in [5.74, 6) is 5.09. The van der Waals surface area contributed by atoms with Gasteiger partial charge in [0.2, 0.25) is 0 Å². The first kappa shape index (κ1) is 7.45. The third-order valence-corrected chi connectivity index (χ3v) is 1.41. The Bertz CT molecular complexity index is 313. The van der Waals surface area contributed by atoms with Crippen LogP contribution in [0.1, 0.15) is 16.7 Å². The first-order valence-electron chi connectivity index (χ1n) is 3.31. The highest BCUT2D eigenvalue weighted by molar-refractivity contribution is 5.44. The molecule has 0 N–H and O–H groups in total. The summed E-state index contributed by atoms with van der Waals surface area (Å²) in [6.07, 6.45) is 10.4. The van der Waals surface area contributed by atoms with E-state index in [4.69, 9.17) is 12.8 Å². The van der Waals surface area contributed by atoms with E-state index in [1.807, 2.05) is 25.1 Å². The van der Waals surface area contributed by atoms with Gasteiger partial charge in [0.15, 0.2) is 0 Å². The standard InChI is InChI=1S/C11H8/c1-4-10-6-9(3)7-11(5-2)8-10/h1-2,6-8H,3H3. The van der Waals surface area contributed by atoms with Gasteiger partial charge >= 0.3 is 0 Å². The van der Waals surface area contributed by atoms with Gasteiger partial charge in [0.25, 0.3) is 0 Å². The minimum Gasteiger partial charge on any atom is -0.115 e. The Hall–Kier alpha value is -1.66. The topological polar surface area (TPSA) is 0 Å². The van der Waals surface area contributed by atoms with E-state index < -0.39 is 0 Å². The predicted octanol–water partition coefficient (Wildman–Crippen LogP) is 1.96. The fourth-order valence-electron chi connectivity index (χ4n) is 0.950. The Balaban J connectivity index is 3.28. The van der Waals surface area contributed by atoms with Crippen LogP contribution < -0.4 is 0 Å². The molecule has 0 radical (unpaired) electrons. The van der Waals surface area contributed by atoms with Crippen molar-refractivity contribution in [3.8, 4) is 24.7 Å². The van der Waals surface area contributed by atoms with Crippen LogP contribution in [0.15, 0.2) is 18.2 Å². The molecule has 0 aromatic heterocycles. The van der Waals surface area contributed by atoms with Crippen LogP contribution in [0.25, 0.3) is 0 Å². The Morgan fingerprint density at radius 3 is 1.82 bits per heavy atom. The highest BCUT2D eigenvalue weighted by Gasteiger charge is 1.92. The zero-order valence-corrected chi connectivity index (χ0v) is 6.39. The zero-order chi connectivity index (χ0) is 8.27. The lowest BCUT2D eigenvalue weighted by Gasteiger charge is -1.95. The highest BCUT2D eigenvalue weighted by Crippen LogP contribution is 2.07. The number of benzene rings is 1. The fraction of sp³-hybridized carbons (Fsp3) is 0.0909. The lowest BCUT2D eigenvalue weighted by atomic mass is 10.1. The molecule has 0 amide bonds. The van der Waals surface area contributed by atoms with Crippen LogP contribution in [0.4, 0.5) is 0 Å². The van der Waals surface area contributed by atoms with E-state index >= 15 is 0 Å². The summed E-state index contributed by atoms with van der Waals surface area (Å²) in [6.45, 7) is 1.97. The second kappa shape index (κ2) is 2.95. The quantitative estimate of drug-likeness (QED) is 0.483. The van der Waals surface area contributed by atoms with Gasteiger partial charge in [-0.05, 0) is 30.7 Å². The maximum absolute atomic E-state index is 5.22. The first-order valence-corrected chi connectivity index (χ1v) is 3.31. The largest absolute Gasteiger partial charge is 0.115 e. The summed E-state index contributed by atoms with van der Waals surface area (Å²) in [7, 11) is 0. The van der Waals surface area contributed by atoms with Crippen molar-refractivity contribution in [1.29, 1.82) is 0 Å². The molecule has 0 unspecified atom stereocenters. The first-order chi connectivity index (χ1) is 5.26. The summed E-state index contributed by atoms with van der Waals surface area (Å²) >= 11 is 0. The van der Waals surface area contributed by atoms with Crippen molar-refractivity contribution in [1.82, 2.24) is 0 Å². The molecule has 0 saturated heterocycles. The molecule has 1 aromatic carbocycles. The highest BCUT2D eigenvalue weighted by atomic mass is 13.9. The molecule has 0 bridgehead atoms. The maximum Gasteiger partial charge on any atom is 0.0257 e. The third-order valence-electron chi connectivity index (χ3n) is 1.41. The molecule has 11 heavy (non-hydrogen) atoms. The van der Waals surface area contributed by atoms with E-state index in [1.165, 1.54) is 0 Å². The van der Waals surface area contributed by atoms with Crippen molar-refractivity contribution < 1.29 is 0 Å². The second-order valence-electron chi connectivity index (χ2n) is 2.38. The molecule has 0 atom stereocenters. The van der Waals surface area contributed by atoms with Crippen molar-refractivity contribution in [2.24, 2.45) is 0 Å². The Kier molecular flexibility index (Phi) is 2.00. The predicted molar refractivity (Wildman–Crippen MR) is 47.0 cm³/mol. The lowest BCUT2D eigenvalue weighted by Crippen LogP contribution is -1.81. The molecule has 0 fully saturated rings. The Morgan fingerprint density at radius 2 is 1.45 bits per heavy atom. The second-order valence-corrected chi connectivity index (χ2v) is 2.38. The van der Waals surface area contributed by atoms with Crippen LogP contribution in [0.5, 0.6) is 0 Å². The zero-order valence-electron chi connectivity index (χ0n) is 6.39. The third kappa shape index (κ3) is 1.63. The van der Waals surface area contributed by atoms with Crippen molar-refractivity contribution in [3.05, 3.63) is 34.9 Å². The van der Waals surface area contributed by atoms with Gasteiger partial charge in [-0.15, -0.1) is 12.8 Å². The molecule has 0 spiro atoms. The SMILES string of the molecule is C#Cc1cc(C)cc(C#C)c1. The normalized spacial score (nSPS) is 8.27. The average molecular weight is 140 g/mol. The molecule has 1 aromatic rings. The molecular weight excluding hydrogens is 132 g/mol. The number of terminal acetylenes is 2. The van der Waals surface area contributed by atoms with E-state index in [-0.39, 0.29) is 0 Å². The minimum atomic E-state index is 0.845. The number of rotatable bonds is 0. The van der Waals surface area contributed by atoms with Gasteiger partial charge in [-0.2, -0.15) is 0 Å².